The van der Waals surface area contributed by atoms with Crippen molar-refractivity contribution in [3.63, 3.8) is 0 Å². The molecule has 0 atom stereocenters. The predicted molar refractivity (Wildman–Crippen MR) is 94.8 cm³/mol. The van der Waals surface area contributed by atoms with Crippen LogP contribution in [-0.2, 0) is 4.79 Å². The minimum atomic E-state index is -0.444. The van der Waals surface area contributed by atoms with Gasteiger partial charge in [-0.05, 0) is 50.6 Å². The van der Waals surface area contributed by atoms with Gasteiger partial charge in [0.05, 0.1) is 7.11 Å². The summed E-state index contributed by atoms with van der Waals surface area (Å²) in [5, 5.41) is 12.0. The first-order valence-electron chi connectivity index (χ1n) is 7.70. The van der Waals surface area contributed by atoms with Crippen LogP contribution in [-0.4, -0.2) is 17.6 Å². The van der Waals surface area contributed by atoms with E-state index in [1.54, 1.807) is 37.5 Å². The Hall–Kier alpha value is -3.00. The average Bonchev–Trinajstić information content (AvgIpc) is 2.93. The zero-order valence-electron chi connectivity index (χ0n) is 14.3. The number of aromatic nitrogens is 1. The minimum Gasteiger partial charge on any atom is -0.497 e. The highest BCUT2D eigenvalue weighted by atomic mass is 16.5. The van der Waals surface area contributed by atoms with Gasteiger partial charge in [0.15, 0.2) is 0 Å². The van der Waals surface area contributed by atoms with Crippen LogP contribution in [0.15, 0.2) is 42.1 Å². The lowest BCUT2D eigenvalue weighted by Crippen LogP contribution is -2.13. The van der Waals surface area contributed by atoms with E-state index in [1.807, 2.05) is 25.3 Å². The normalized spacial score (nSPS) is 11.2. The van der Waals surface area contributed by atoms with Crippen molar-refractivity contribution < 1.29 is 9.53 Å². The molecule has 1 heterocycles. The van der Waals surface area contributed by atoms with Gasteiger partial charge in [0.1, 0.15) is 17.4 Å². The molecule has 0 unspecified atom stereocenters. The Morgan fingerprint density at radius 3 is 2.71 bits per heavy atom. The summed E-state index contributed by atoms with van der Waals surface area (Å²) in [5.74, 6) is 0.195. The standard InChI is InChI=1S/C19H21N3O2/c1-13(2)22-12-15(8-14(22)3)9-16(11-20)19(23)21-17-6-5-7-18(10-17)24-4/h5-10,12-13H,1-4H3,(H,21,23)/b16-9+. The highest BCUT2D eigenvalue weighted by molar-refractivity contribution is 6.09. The number of benzene rings is 1. The van der Waals surface area contributed by atoms with E-state index < -0.39 is 5.91 Å². The number of aryl methyl sites for hydroxylation is 1. The molecule has 5 heteroatoms. The number of carbonyl (C=O) groups is 1. The van der Waals surface area contributed by atoms with Crippen molar-refractivity contribution in [1.29, 1.82) is 5.26 Å². The quantitative estimate of drug-likeness (QED) is 0.669. The average molecular weight is 323 g/mol. The maximum Gasteiger partial charge on any atom is 0.266 e. The zero-order chi connectivity index (χ0) is 17.7. The molecular formula is C19H21N3O2. The van der Waals surface area contributed by atoms with E-state index in [2.05, 4.69) is 23.7 Å². The molecule has 2 rings (SSSR count). The van der Waals surface area contributed by atoms with Crippen molar-refractivity contribution in [3.05, 3.63) is 53.4 Å². The number of methoxy groups -OCH3 is 1. The van der Waals surface area contributed by atoms with Gasteiger partial charge in [0.25, 0.3) is 5.91 Å². The summed E-state index contributed by atoms with van der Waals surface area (Å²) in [7, 11) is 1.56. The molecule has 0 aliphatic rings. The number of ether oxygens (including phenoxy) is 1. The highest BCUT2D eigenvalue weighted by Crippen LogP contribution is 2.19. The van der Waals surface area contributed by atoms with Crippen LogP contribution < -0.4 is 10.1 Å². The molecule has 0 aliphatic carbocycles. The van der Waals surface area contributed by atoms with Crippen molar-refractivity contribution in [2.24, 2.45) is 0 Å². The summed E-state index contributed by atoms with van der Waals surface area (Å²) in [6.45, 7) is 6.17. The van der Waals surface area contributed by atoms with Gasteiger partial charge in [0.2, 0.25) is 0 Å². The molecule has 1 N–H and O–H groups in total. The molecule has 124 valence electrons. The number of nitrogens with one attached hydrogen (secondary N) is 1. The number of rotatable bonds is 5. The molecule has 0 saturated heterocycles. The van der Waals surface area contributed by atoms with Gasteiger partial charge in [-0.15, -0.1) is 0 Å². The SMILES string of the molecule is COc1cccc(NC(=O)/C(C#N)=C/c2cc(C)n(C(C)C)c2)c1. The molecule has 0 saturated carbocycles. The number of amides is 1. The van der Waals surface area contributed by atoms with Crippen LogP contribution >= 0.6 is 0 Å². The maximum atomic E-state index is 12.3. The van der Waals surface area contributed by atoms with E-state index >= 15 is 0 Å². The largest absolute Gasteiger partial charge is 0.497 e. The molecule has 1 aromatic heterocycles. The fourth-order valence-corrected chi connectivity index (χ4v) is 2.47. The lowest BCUT2D eigenvalue weighted by atomic mass is 10.2. The molecule has 5 nitrogen and oxygen atoms in total. The molecule has 1 aromatic carbocycles. The number of nitrogens with zero attached hydrogens (tertiary/aromatic N) is 2. The summed E-state index contributed by atoms with van der Waals surface area (Å²) < 4.78 is 7.22. The zero-order valence-corrected chi connectivity index (χ0v) is 14.3. The number of hydrogen-bond acceptors (Lipinski definition) is 3. The van der Waals surface area contributed by atoms with Gasteiger partial charge in [-0.2, -0.15) is 5.26 Å². The van der Waals surface area contributed by atoms with Gasteiger partial charge >= 0.3 is 0 Å². The van der Waals surface area contributed by atoms with Crippen LogP contribution in [0.5, 0.6) is 5.75 Å². The maximum absolute atomic E-state index is 12.3. The third-order valence-corrected chi connectivity index (χ3v) is 3.63. The van der Waals surface area contributed by atoms with E-state index in [4.69, 9.17) is 4.74 Å². The Balaban J connectivity index is 2.22. The van der Waals surface area contributed by atoms with Crippen LogP contribution in [0.25, 0.3) is 6.08 Å². The second kappa shape index (κ2) is 7.51. The van der Waals surface area contributed by atoms with Crippen LogP contribution in [0.2, 0.25) is 0 Å². The smallest absolute Gasteiger partial charge is 0.266 e. The Labute approximate surface area is 142 Å². The fraction of sp³-hybridized carbons (Fsp3) is 0.263. The number of carbonyl (C=O) groups excluding carboxylic acids is 1. The van der Waals surface area contributed by atoms with Crippen molar-refractivity contribution in [2.45, 2.75) is 26.8 Å². The molecule has 0 fully saturated rings. The summed E-state index contributed by atoms with van der Waals surface area (Å²) >= 11 is 0. The van der Waals surface area contributed by atoms with Crippen molar-refractivity contribution >= 4 is 17.7 Å². The Morgan fingerprint density at radius 1 is 1.38 bits per heavy atom. The van der Waals surface area contributed by atoms with Crippen molar-refractivity contribution in [2.75, 3.05) is 12.4 Å². The molecule has 24 heavy (non-hydrogen) atoms. The molecule has 0 radical (unpaired) electrons. The lowest BCUT2D eigenvalue weighted by molar-refractivity contribution is -0.112. The summed E-state index contributed by atoms with van der Waals surface area (Å²) in [6, 6.07) is 11.2. The fourth-order valence-electron chi connectivity index (χ4n) is 2.47. The van der Waals surface area contributed by atoms with E-state index in [0.29, 0.717) is 17.5 Å². The van der Waals surface area contributed by atoms with Gasteiger partial charge in [0, 0.05) is 29.7 Å². The van der Waals surface area contributed by atoms with Gasteiger partial charge in [-0.3, -0.25) is 4.79 Å². The molecule has 0 bridgehead atoms. The molecule has 0 aliphatic heterocycles. The van der Waals surface area contributed by atoms with E-state index in [-0.39, 0.29) is 5.57 Å². The summed E-state index contributed by atoms with van der Waals surface area (Å²) in [6.07, 6.45) is 3.54. The van der Waals surface area contributed by atoms with Crippen molar-refractivity contribution in [1.82, 2.24) is 4.57 Å². The summed E-state index contributed by atoms with van der Waals surface area (Å²) in [4.78, 5) is 12.3. The van der Waals surface area contributed by atoms with Gasteiger partial charge < -0.3 is 14.6 Å². The number of nitriles is 1. The van der Waals surface area contributed by atoms with E-state index in [0.717, 1.165) is 11.3 Å². The topological polar surface area (TPSA) is 67.0 Å². The van der Waals surface area contributed by atoms with Gasteiger partial charge in [-0.1, -0.05) is 6.07 Å². The first-order chi connectivity index (χ1) is 11.4. The highest BCUT2D eigenvalue weighted by Gasteiger charge is 2.11. The van der Waals surface area contributed by atoms with Gasteiger partial charge in [-0.25, -0.2) is 0 Å². The van der Waals surface area contributed by atoms with Crippen molar-refractivity contribution in [3.8, 4) is 11.8 Å². The second-order valence-electron chi connectivity index (χ2n) is 5.77. The number of anilines is 1. The molecular weight excluding hydrogens is 302 g/mol. The lowest BCUT2D eigenvalue weighted by Gasteiger charge is -2.08. The van der Waals surface area contributed by atoms with E-state index in [9.17, 15) is 10.1 Å². The molecule has 1 amide bonds. The third kappa shape index (κ3) is 4.05. The third-order valence-electron chi connectivity index (χ3n) is 3.63. The van der Waals surface area contributed by atoms with Crippen LogP contribution in [0.4, 0.5) is 5.69 Å². The summed E-state index contributed by atoms with van der Waals surface area (Å²) in [5.41, 5.74) is 2.55. The second-order valence-corrected chi connectivity index (χ2v) is 5.77. The Bertz CT molecular complexity index is 810. The van der Waals surface area contributed by atoms with E-state index in [1.165, 1.54) is 0 Å². The Kier molecular flexibility index (Phi) is 5.43. The Morgan fingerprint density at radius 2 is 2.12 bits per heavy atom. The first kappa shape index (κ1) is 17.4. The minimum absolute atomic E-state index is 0.0544. The molecule has 2 aromatic rings. The molecule has 0 spiro atoms. The predicted octanol–water partition coefficient (Wildman–Crippen LogP) is 3.93. The first-order valence-corrected chi connectivity index (χ1v) is 7.70. The monoisotopic (exact) mass is 323 g/mol. The van der Waals surface area contributed by atoms with Crippen LogP contribution in [0.1, 0.15) is 31.1 Å². The van der Waals surface area contributed by atoms with Crippen LogP contribution in [0, 0.1) is 18.3 Å². The number of hydrogen-bond donors (Lipinski definition) is 1. The van der Waals surface area contributed by atoms with Crippen LogP contribution in [0.3, 0.4) is 0 Å².